The third-order valence-electron chi connectivity index (χ3n) is 4.84. The van der Waals surface area contributed by atoms with Gasteiger partial charge in [0, 0.05) is 53.3 Å². The molecule has 0 amide bonds. The highest BCUT2D eigenvalue weighted by molar-refractivity contribution is 6.31. The molecular formula is C23H22Cl2N6. The van der Waals surface area contributed by atoms with Crippen molar-refractivity contribution < 1.29 is 0 Å². The van der Waals surface area contributed by atoms with Crippen LogP contribution in [0.2, 0.25) is 10.3 Å². The second-order valence-electron chi connectivity index (χ2n) is 7.18. The van der Waals surface area contributed by atoms with Crippen LogP contribution in [0.15, 0.2) is 60.9 Å². The third kappa shape index (κ3) is 5.60. The van der Waals surface area contributed by atoms with Crippen molar-refractivity contribution in [3.63, 3.8) is 0 Å². The molecule has 8 heteroatoms. The summed E-state index contributed by atoms with van der Waals surface area (Å²) in [5.74, 6) is 0.798. The summed E-state index contributed by atoms with van der Waals surface area (Å²) in [6, 6.07) is 15.6. The Labute approximate surface area is 191 Å². The minimum absolute atomic E-state index is 0.251. The van der Waals surface area contributed by atoms with Gasteiger partial charge in [-0.15, -0.1) is 0 Å². The topological polar surface area (TPSA) is 66.8 Å². The lowest BCUT2D eigenvalue weighted by Crippen LogP contribution is -2.27. The molecule has 158 valence electrons. The lowest BCUT2D eigenvalue weighted by atomic mass is 10.2. The Kier molecular flexibility index (Phi) is 6.79. The minimum atomic E-state index is 0.251. The second kappa shape index (κ2) is 9.90. The van der Waals surface area contributed by atoms with Gasteiger partial charge in [0.15, 0.2) is 0 Å². The molecule has 3 aromatic heterocycles. The van der Waals surface area contributed by atoms with Crippen LogP contribution in [0.1, 0.15) is 17.8 Å². The van der Waals surface area contributed by atoms with Gasteiger partial charge in [-0.3, -0.25) is 9.97 Å². The lowest BCUT2D eigenvalue weighted by Gasteiger charge is -2.24. The third-order valence-corrected chi connectivity index (χ3v) is 5.25. The van der Waals surface area contributed by atoms with Crippen LogP contribution in [-0.2, 0) is 6.54 Å². The zero-order valence-corrected chi connectivity index (χ0v) is 18.6. The largest absolute Gasteiger partial charge is 0.384 e. The van der Waals surface area contributed by atoms with E-state index in [-0.39, 0.29) is 5.28 Å². The molecule has 31 heavy (non-hydrogen) atoms. The van der Waals surface area contributed by atoms with E-state index in [1.165, 1.54) is 0 Å². The normalized spacial score (nSPS) is 10.9. The van der Waals surface area contributed by atoms with Crippen molar-refractivity contribution in [3.8, 4) is 0 Å². The first kappa shape index (κ1) is 21.3. The van der Waals surface area contributed by atoms with Gasteiger partial charge in [0.05, 0.1) is 17.8 Å². The van der Waals surface area contributed by atoms with Crippen LogP contribution >= 0.6 is 23.2 Å². The van der Waals surface area contributed by atoms with Crippen molar-refractivity contribution in [3.05, 3.63) is 82.6 Å². The summed E-state index contributed by atoms with van der Waals surface area (Å²) >= 11 is 12.2. The van der Waals surface area contributed by atoms with Gasteiger partial charge >= 0.3 is 0 Å². The maximum atomic E-state index is 6.11. The fourth-order valence-corrected chi connectivity index (χ4v) is 3.79. The number of aromatic nitrogens is 4. The van der Waals surface area contributed by atoms with Crippen LogP contribution in [0.5, 0.6) is 0 Å². The van der Waals surface area contributed by atoms with E-state index >= 15 is 0 Å². The summed E-state index contributed by atoms with van der Waals surface area (Å²) < 4.78 is 0. The Balaban J connectivity index is 1.45. The first-order valence-electron chi connectivity index (χ1n) is 10.0. The smallest absolute Gasteiger partial charge is 0.224 e. The standard InChI is InChI=1S/C23H22Cl2N6/c1-16-13-22(30-23(25)29-16)31(15-18-5-2-3-9-26-18)12-4-10-27-20-8-11-28-21-14-17(24)6-7-19(20)21/h2-3,5-9,11,13-14H,4,10,12,15H2,1H3,(H,27,28). The summed E-state index contributed by atoms with van der Waals surface area (Å²) in [6.45, 7) is 4.13. The molecule has 0 radical (unpaired) electrons. The highest BCUT2D eigenvalue weighted by Gasteiger charge is 2.12. The number of aryl methyl sites for hydroxylation is 1. The Hall–Kier alpha value is -2.96. The molecule has 0 bridgehead atoms. The maximum Gasteiger partial charge on any atom is 0.224 e. The summed E-state index contributed by atoms with van der Waals surface area (Å²) in [4.78, 5) is 19.6. The molecule has 0 aliphatic carbocycles. The van der Waals surface area contributed by atoms with E-state index in [1.54, 1.807) is 12.4 Å². The van der Waals surface area contributed by atoms with Gasteiger partial charge in [0.2, 0.25) is 5.28 Å². The van der Waals surface area contributed by atoms with E-state index < -0.39 is 0 Å². The number of rotatable bonds is 8. The van der Waals surface area contributed by atoms with E-state index in [1.807, 2.05) is 55.5 Å². The predicted octanol–water partition coefficient (Wildman–Crippen LogP) is 5.54. The molecule has 1 aromatic carbocycles. The number of nitrogens with zero attached hydrogens (tertiary/aromatic N) is 5. The molecule has 1 N–H and O–H groups in total. The van der Waals surface area contributed by atoms with E-state index in [0.29, 0.717) is 11.6 Å². The molecule has 4 rings (SSSR count). The lowest BCUT2D eigenvalue weighted by molar-refractivity contribution is 0.724. The molecular weight excluding hydrogens is 431 g/mol. The van der Waals surface area contributed by atoms with Gasteiger partial charge in [-0.2, -0.15) is 0 Å². The van der Waals surface area contributed by atoms with Crippen molar-refractivity contribution in [2.24, 2.45) is 0 Å². The van der Waals surface area contributed by atoms with Gasteiger partial charge in [-0.25, -0.2) is 9.97 Å². The van der Waals surface area contributed by atoms with Crippen LogP contribution in [0.25, 0.3) is 10.9 Å². The fourth-order valence-electron chi connectivity index (χ4n) is 3.41. The number of benzene rings is 1. The summed E-state index contributed by atoms with van der Waals surface area (Å²) in [5, 5.41) is 5.50. The zero-order valence-electron chi connectivity index (χ0n) is 17.1. The highest BCUT2D eigenvalue weighted by Crippen LogP contribution is 2.24. The summed E-state index contributed by atoms with van der Waals surface area (Å²) in [5.41, 5.74) is 3.72. The number of anilines is 2. The van der Waals surface area contributed by atoms with Crippen molar-refractivity contribution in [2.75, 3.05) is 23.3 Å². The average molecular weight is 453 g/mol. The van der Waals surface area contributed by atoms with Gasteiger partial charge in [0.1, 0.15) is 5.82 Å². The molecule has 0 spiro atoms. The molecule has 0 fully saturated rings. The first-order chi connectivity index (χ1) is 15.1. The molecule has 3 heterocycles. The van der Waals surface area contributed by atoms with Crippen LogP contribution in [0.3, 0.4) is 0 Å². The summed E-state index contributed by atoms with van der Waals surface area (Å²) in [6.07, 6.45) is 4.49. The first-order valence-corrected chi connectivity index (χ1v) is 10.8. The Bertz CT molecular complexity index is 1150. The van der Waals surface area contributed by atoms with Crippen LogP contribution in [0.4, 0.5) is 11.5 Å². The number of fused-ring (bicyclic) bond motifs is 1. The summed E-state index contributed by atoms with van der Waals surface area (Å²) in [7, 11) is 0. The Morgan fingerprint density at radius 3 is 2.68 bits per heavy atom. The average Bonchev–Trinajstić information content (AvgIpc) is 2.75. The van der Waals surface area contributed by atoms with Crippen LogP contribution < -0.4 is 10.2 Å². The second-order valence-corrected chi connectivity index (χ2v) is 7.95. The van der Waals surface area contributed by atoms with Crippen LogP contribution in [-0.4, -0.2) is 33.0 Å². The number of hydrogen-bond donors (Lipinski definition) is 1. The molecule has 0 saturated heterocycles. The number of nitrogens with one attached hydrogen (secondary N) is 1. The number of halogens is 2. The zero-order chi connectivity index (χ0) is 21.6. The molecule has 0 unspecified atom stereocenters. The SMILES string of the molecule is Cc1cc(N(CCCNc2ccnc3cc(Cl)ccc23)Cc2ccccn2)nc(Cl)n1. The maximum absolute atomic E-state index is 6.11. The Morgan fingerprint density at radius 2 is 1.87 bits per heavy atom. The van der Waals surface area contributed by atoms with Crippen molar-refractivity contribution in [1.82, 2.24) is 19.9 Å². The molecule has 0 aliphatic rings. The van der Waals surface area contributed by atoms with E-state index in [4.69, 9.17) is 23.2 Å². The van der Waals surface area contributed by atoms with Gasteiger partial charge < -0.3 is 10.2 Å². The quantitative estimate of drug-likeness (QED) is 0.279. The van der Waals surface area contributed by atoms with Crippen molar-refractivity contribution in [1.29, 1.82) is 0 Å². The predicted molar refractivity (Wildman–Crippen MR) is 127 cm³/mol. The fraction of sp³-hybridized carbons (Fsp3) is 0.217. The number of hydrogen-bond acceptors (Lipinski definition) is 6. The van der Waals surface area contributed by atoms with Gasteiger partial charge in [0.25, 0.3) is 0 Å². The molecule has 0 aliphatic heterocycles. The molecule has 0 atom stereocenters. The van der Waals surface area contributed by atoms with Crippen LogP contribution in [0, 0.1) is 6.92 Å². The van der Waals surface area contributed by atoms with Crippen molar-refractivity contribution in [2.45, 2.75) is 19.9 Å². The molecule has 0 saturated carbocycles. The van der Waals surface area contributed by atoms with Crippen molar-refractivity contribution >= 4 is 45.6 Å². The van der Waals surface area contributed by atoms with E-state index in [2.05, 4.69) is 30.2 Å². The van der Waals surface area contributed by atoms with Gasteiger partial charge in [-0.05, 0) is 61.3 Å². The minimum Gasteiger partial charge on any atom is -0.384 e. The van der Waals surface area contributed by atoms with Gasteiger partial charge in [-0.1, -0.05) is 17.7 Å². The number of pyridine rings is 2. The highest BCUT2D eigenvalue weighted by atomic mass is 35.5. The van der Waals surface area contributed by atoms with E-state index in [9.17, 15) is 0 Å². The molecule has 6 nitrogen and oxygen atoms in total. The van der Waals surface area contributed by atoms with E-state index in [0.717, 1.165) is 53.3 Å². The Morgan fingerprint density at radius 1 is 0.968 bits per heavy atom. The monoisotopic (exact) mass is 452 g/mol. The molecule has 4 aromatic rings.